The zero-order valence-electron chi connectivity index (χ0n) is 12.8. The van der Waals surface area contributed by atoms with Crippen LogP contribution in [0, 0.1) is 5.92 Å². The summed E-state index contributed by atoms with van der Waals surface area (Å²) < 4.78 is 30.1. The highest BCUT2D eigenvalue weighted by Gasteiger charge is 2.30. The molecule has 0 saturated heterocycles. The number of nitrogens with zero attached hydrogens (tertiary/aromatic N) is 2. The minimum Gasteiger partial charge on any atom is -0.274 e. The van der Waals surface area contributed by atoms with Crippen molar-refractivity contribution in [2.45, 2.75) is 43.5 Å². The summed E-state index contributed by atoms with van der Waals surface area (Å²) >= 11 is 1.50. The van der Waals surface area contributed by atoms with Gasteiger partial charge in [-0.2, -0.15) is 5.10 Å². The molecule has 22 heavy (non-hydrogen) atoms. The lowest BCUT2D eigenvalue weighted by Gasteiger charge is -2.29. The van der Waals surface area contributed by atoms with Crippen LogP contribution >= 0.6 is 11.3 Å². The highest BCUT2D eigenvalue weighted by atomic mass is 32.2. The Morgan fingerprint density at radius 1 is 1.36 bits per heavy atom. The Morgan fingerprint density at radius 2 is 2.14 bits per heavy atom. The van der Waals surface area contributed by atoms with Crippen LogP contribution < -0.4 is 4.72 Å². The molecular formula is C15H21N3O2S2. The number of thiophene rings is 1. The molecule has 1 N–H and O–H groups in total. The Balaban J connectivity index is 1.92. The molecule has 0 bridgehead atoms. The van der Waals surface area contributed by atoms with Gasteiger partial charge in [0.25, 0.3) is 0 Å². The molecule has 0 aromatic carbocycles. The fourth-order valence-corrected chi connectivity index (χ4v) is 5.36. The van der Waals surface area contributed by atoms with E-state index in [1.807, 2.05) is 17.5 Å². The summed E-state index contributed by atoms with van der Waals surface area (Å²) in [6.07, 6.45) is 5.85. The van der Waals surface area contributed by atoms with Gasteiger partial charge in [0, 0.05) is 19.3 Å². The third kappa shape index (κ3) is 3.11. The Morgan fingerprint density at radius 3 is 2.82 bits per heavy atom. The van der Waals surface area contributed by atoms with Gasteiger partial charge < -0.3 is 0 Å². The van der Waals surface area contributed by atoms with Gasteiger partial charge in [0.05, 0.1) is 4.88 Å². The highest BCUT2D eigenvalue weighted by Crippen LogP contribution is 2.31. The molecule has 1 aliphatic carbocycles. The lowest BCUT2D eigenvalue weighted by atomic mass is 9.87. The Labute approximate surface area is 135 Å². The van der Waals surface area contributed by atoms with Crippen molar-refractivity contribution >= 4 is 21.4 Å². The van der Waals surface area contributed by atoms with E-state index in [2.05, 4.69) is 16.7 Å². The first-order valence-electron chi connectivity index (χ1n) is 7.57. The van der Waals surface area contributed by atoms with Crippen molar-refractivity contribution in [2.75, 3.05) is 0 Å². The number of hydrogen-bond acceptors (Lipinski definition) is 4. The van der Waals surface area contributed by atoms with Crippen molar-refractivity contribution in [3.8, 4) is 10.6 Å². The Bertz CT molecular complexity index is 735. The van der Waals surface area contributed by atoms with Gasteiger partial charge in [0.15, 0.2) is 0 Å². The number of sulfonamides is 1. The van der Waals surface area contributed by atoms with Gasteiger partial charge in [-0.05, 0) is 30.2 Å². The molecule has 3 rings (SSSR count). The summed E-state index contributed by atoms with van der Waals surface area (Å²) in [5, 5.41) is 6.27. The van der Waals surface area contributed by atoms with E-state index in [1.165, 1.54) is 17.8 Å². The molecule has 2 aromatic heterocycles. The summed E-state index contributed by atoms with van der Waals surface area (Å²) in [5.74, 6) is 0.380. The monoisotopic (exact) mass is 339 g/mol. The normalized spacial score (nSPS) is 22.8. The van der Waals surface area contributed by atoms with E-state index in [-0.39, 0.29) is 10.9 Å². The number of nitrogens with one attached hydrogen (secondary N) is 1. The largest absolute Gasteiger partial charge is 0.274 e. The standard InChI is InChI=1S/C15H21N3O2S2/c1-11-6-3-4-7-12(11)17-22(19,20)14-10-18(2)16-15(14)13-8-5-9-21-13/h5,8-12,17H,3-4,6-7H2,1-2H3. The predicted octanol–water partition coefficient (Wildman–Crippen LogP) is 3.01. The topological polar surface area (TPSA) is 64.0 Å². The van der Waals surface area contributed by atoms with Crippen LogP contribution in [0.3, 0.4) is 0 Å². The van der Waals surface area contributed by atoms with E-state index in [1.54, 1.807) is 17.9 Å². The molecule has 0 spiro atoms. The van der Waals surface area contributed by atoms with Crippen LogP contribution in [0.15, 0.2) is 28.6 Å². The average Bonchev–Trinajstić information content (AvgIpc) is 3.10. The fraction of sp³-hybridized carbons (Fsp3) is 0.533. The van der Waals surface area contributed by atoms with Gasteiger partial charge in [-0.1, -0.05) is 25.8 Å². The van der Waals surface area contributed by atoms with E-state index >= 15 is 0 Å². The highest BCUT2D eigenvalue weighted by molar-refractivity contribution is 7.89. The molecule has 1 saturated carbocycles. The quantitative estimate of drug-likeness (QED) is 0.931. The maximum atomic E-state index is 12.8. The van der Waals surface area contributed by atoms with Crippen molar-refractivity contribution < 1.29 is 8.42 Å². The Hall–Kier alpha value is -1.18. The minimum absolute atomic E-state index is 0.0233. The molecule has 2 heterocycles. The minimum atomic E-state index is -3.56. The molecule has 0 radical (unpaired) electrons. The van der Waals surface area contributed by atoms with Gasteiger partial charge in [-0.15, -0.1) is 11.3 Å². The first-order chi connectivity index (χ1) is 10.5. The van der Waals surface area contributed by atoms with Crippen LogP contribution in [-0.2, 0) is 17.1 Å². The summed E-state index contributed by atoms with van der Waals surface area (Å²) in [7, 11) is -1.81. The lowest BCUT2D eigenvalue weighted by Crippen LogP contribution is -2.41. The fourth-order valence-electron chi connectivity index (χ4n) is 3.00. The second kappa shape index (κ2) is 6.14. The van der Waals surface area contributed by atoms with E-state index in [0.717, 1.165) is 24.1 Å². The molecule has 0 amide bonds. The van der Waals surface area contributed by atoms with Crippen LogP contribution in [0.1, 0.15) is 32.6 Å². The van der Waals surface area contributed by atoms with Crippen molar-refractivity contribution in [3.05, 3.63) is 23.7 Å². The predicted molar refractivity (Wildman–Crippen MR) is 88.3 cm³/mol. The molecule has 1 fully saturated rings. The van der Waals surface area contributed by atoms with Gasteiger partial charge >= 0.3 is 0 Å². The number of rotatable bonds is 4. The van der Waals surface area contributed by atoms with Crippen LogP contribution in [0.25, 0.3) is 10.6 Å². The molecule has 120 valence electrons. The van der Waals surface area contributed by atoms with Crippen molar-refractivity contribution in [2.24, 2.45) is 13.0 Å². The number of aryl methyl sites for hydroxylation is 1. The van der Waals surface area contributed by atoms with E-state index in [0.29, 0.717) is 11.6 Å². The molecule has 2 atom stereocenters. The SMILES string of the molecule is CC1CCCCC1NS(=O)(=O)c1cn(C)nc1-c1cccs1. The first kappa shape index (κ1) is 15.7. The van der Waals surface area contributed by atoms with Crippen LogP contribution in [-0.4, -0.2) is 24.2 Å². The smallest absolute Gasteiger partial charge is 0.244 e. The van der Waals surface area contributed by atoms with Crippen molar-refractivity contribution in [1.29, 1.82) is 0 Å². The maximum absolute atomic E-state index is 12.8. The Kier molecular flexibility index (Phi) is 4.38. The lowest BCUT2D eigenvalue weighted by molar-refractivity contribution is 0.310. The molecular weight excluding hydrogens is 318 g/mol. The van der Waals surface area contributed by atoms with Gasteiger partial charge in [0.1, 0.15) is 10.6 Å². The molecule has 2 unspecified atom stereocenters. The summed E-state index contributed by atoms with van der Waals surface area (Å²) in [4.78, 5) is 1.15. The van der Waals surface area contributed by atoms with Crippen molar-refractivity contribution in [1.82, 2.24) is 14.5 Å². The third-order valence-electron chi connectivity index (χ3n) is 4.26. The molecule has 1 aliphatic rings. The molecule has 2 aromatic rings. The molecule has 5 nitrogen and oxygen atoms in total. The maximum Gasteiger partial charge on any atom is 0.244 e. The van der Waals surface area contributed by atoms with Gasteiger partial charge in [-0.25, -0.2) is 13.1 Å². The van der Waals surface area contributed by atoms with Crippen LogP contribution in [0.5, 0.6) is 0 Å². The summed E-state index contributed by atoms with van der Waals surface area (Å²) in [6, 6.07) is 3.83. The van der Waals surface area contributed by atoms with Crippen LogP contribution in [0.4, 0.5) is 0 Å². The van der Waals surface area contributed by atoms with Crippen LogP contribution in [0.2, 0.25) is 0 Å². The van der Waals surface area contributed by atoms with Gasteiger partial charge in [-0.3, -0.25) is 4.68 Å². The molecule has 7 heteroatoms. The second-order valence-electron chi connectivity index (χ2n) is 5.98. The third-order valence-corrected chi connectivity index (χ3v) is 6.62. The summed E-state index contributed by atoms with van der Waals surface area (Å²) in [5.41, 5.74) is 0.536. The van der Waals surface area contributed by atoms with E-state index < -0.39 is 10.0 Å². The number of hydrogen-bond donors (Lipinski definition) is 1. The first-order valence-corrected chi connectivity index (χ1v) is 9.93. The average molecular weight is 339 g/mol. The van der Waals surface area contributed by atoms with Crippen molar-refractivity contribution in [3.63, 3.8) is 0 Å². The number of aromatic nitrogens is 2. The van der Waals surface area contributed by atoms with E-state index in [9.17, 15) is 8.42 Å². The zero-order valence-corrected chi connectivity index (χ0v) is 14.5. The van der Waals surface area contributed by atoms with Gasteiger partial charge in [0.2, 0.25) is 10.0 Å². The summed E-state index contributed by atoms with van der Waals surface area (Å²) in [6.45, 7) is 2.12. The van der Waals surface area contributed by atoms with E-state index in [4.69, 9.17) is 0 Å². The zero-order chi connectivity index (χ0) is 15.7. The second-order valence-corrected chi connectivity index (χ2v) is 8.61. The molecule has 0 aliphatic heterocycles.